The van der Waals surface area contributed by atoms with Crippen LogP contribution in [0.2, 0.25) is 0 Å². The van der Waals surface area contributed by atoms with Crippen LogP contribution >= 0.6 is 24.8 Å². The van der Waals surface area contributed by atoms with Gasteiger partial charge < -0.3 is 0 Å². The van der Waals surface area contributed by atoms with Crippen LogP contribution < -0.4 is 0 Å². The van der Waals surface area contributed by atoms with E-state index in [0.717, 1.165) is 12.8 Å². The third kappa shape index (κ3) is 8.76. The molecule has 0 atom stereocenters. The van der Waals surface area contributed by atoms with E-state index in [1.165, 1.54) is 93.1 Å². The van der Waals surface area contributed by atoms with Crippen molar-refractivity contribution in [2.45, 2.75) is 40.5 Å². The van der Waals surface area contributed by atoms with Crippen molar-refractivity contribution in [2.75, 3.05) is 0 Å². The SMILES string of the molecule is CCc1ccc2c(c1)[cH-]c1cc(CC)ccc12.Cc1ccc2cc(C)[cH-]c2c1.Cl.Cl.[Zr+2]=[C](c1ccccc1)c1ccccc1. The van der Waals surface area contributed by atoms with Crippen molar-refractivity contribution in [1.82, 2.24) is 0 Å². The van der Waals surface area contributed by atoms with Crippen LogP contribution in [0.4, 0.5) is 0 Å². The normalized spacial score (nSPS) is 10.2. The second kappa shape index (κ2) is 16.8. The van der Waals surface area contributed by atoms with Gasteiger partial charge in [-0.1, -0.05) is 67.8 Å². The molecule has 222 valence electrons. The predicted octanol–water partition coefficient (Wildman–Crippen LogP) is 11.7. The second-order valence-corrected chi connectivity index (χ2v) is 12.2. The van der Waals surface area contributed by atoms with Gasteiger partial charge in [0.1, 0.15) is 0 Å². The van der Waals surface area contributed by atoms with Gasteiger partial charge in [0.05, 0.1) is 0 Å². The number of hydrogen-bond acceptors (Lipinski definition) is 0. The van der Waals surface area contributed by atoms with Crippen LogP contribution in [0.25, 0.3) is 32.3 Å². The molecule has 0 radical (unpaired) electrons. The van der Waals surface area contributed by atoms with Gasteiger partial charge in [-0.3, -0.25) is 0 Å². The van der Waals surface area contributed by atoms with E-state index in [2.05, 4.69) is 161 Å². The minimum atomic E-state index is 0. The van der Waals surface area contributed by atoms with Gasteiger partial charge in [0.25, 0.3) is 0 Å². The average molecular weight is 695 g/mol. The molecular formula is C41H40Cl2Zr. The minimum absolute atomic E-state index is 0. The van der Waals surface area contributed by atoms with Gasteiger partial charge in [-0.2, -0.15) is 6.07 Å². The fraction of sp³-hybridized carbons (Fsp3) is 0.146. The first-order valence-electron chi connectivity index (χ1n) is 14.9. The first kappa shape index (κ1) is 35.4. The molecular weight excluding hydrogens is 655 g/mol. The van der Waals surface area contributed by atoms with E-state index in [4.69, 9.17) is 0 Å². The Hall–Kier alpha value is -3.09. The van der Waals surface area contributed by atoms with Gasteiger partial charge in [-0.05, 0) is 19.8 Å². The molecule has 0 N–H and O–H groups in total. The van der Waals surface area contributed by atoms with Crippen molar-refractivity contribution in [3.63, 3.8) is 0 Å². The molecule has 0 aromatic heterocycles. The van der Waals surface area contributed by atoms with Gasteiger partial charge >= 0.3 is 99.2 Å². The number of rotatable bonds is 4. The molecule has 0 fully saturated rings. The summed E-state index contributed by atoms with van der Waals surface area (Å²) in [5, 5.41) is 8.26. The fourth-order valence-electron chi connectivity index (χ4n) is 5.42. The number of fused-ring (bicyclic) bond motifs is 4. The predicted molar refractivity (Wildman–Crippen MR) is 195 cm³/mol. The van der Waals surface area contributed by atoms with Gasteiger partial charge in [0.15, 0.2) is 0 Å². The van der Waals surface area contributed by atoms with Crippen LogP contribution in [-0.4, -0.2) is 3.21 Å². The Morgan fingerprint density at radius 3 is 1.52 bits per heavy atom. The van der Waals surface area contributed by atoms with Crippen LogP contribution in [0.5, 0.6) is 0 Å². The Morgan fingerprint density at radius 1 is 0.545 bits per heavy atom. The molecule has 0 aliphatic heterocycles. The molecule has 44 heavy (non-hydrogen) atoms. The summed E-state index contributed by atoms with van der Waals surface area (Å²) in [7, 11) is 0. The third-order valence-electron chi connectivity index (χ3n) is 7.78. The number of halogens is 2. The van der Waals surface area contributed by atoms with Crippen LogP contribution in [0.15, 0.2) is 133 Å². The van der Waals surface area contributed by atoms with Crippen LogP contribution in [0, 0.1) is 13.8 Å². The summed E-state index contributed by atoms with van der Waals surface area (Å²) in [6, 6.07) is 48.1. The second-order valence-electron chi connectivity index (χ2n) is 11.0. The molecule has 0 amide bonds. The number of hydrogen-bond donors (Lipinski definition) is 0. The fourth-order valence-corrected chi connectivity index (χ4v) is 6.24. The van der Waals surface area contributed by atoms with Crippen LogP contribution in [0.3, 0.4) is 0 Å². The van der Waals surface area contributed by atoms with Gasteiger partial charge in [-0.25, -0.2) is 0 Å². The van der Waals surface area contributed by atoms with Gasteiger partial charge in [0, 0.05) is 0 Å². The molecule has 0 heterocycles. The standard InChI is InChI=1S/C17H17.C13H10.C11H11.2ClH.Zr/c1-3-12-5-7-16-14(9-12)11-15-10-13(4-2)6-8-17(15)16;1-3-7-12(8-4-1)11-13-9-5-2-6-10-13;1-8-3-4-10-6-9(2)7-11(10)5-8;;;/h5-11H,3-4H2,1-2H3;1-10H;3-7H,1-2H3;2*1H;/q-1;;-1;;;+2. The van der Waals surface area contributed by atoms with E-state index in [0.29, 0.717) is 0 Å². The zero-order valence-corrected chi connectivity index (χ0v) is 30.0. The summed E-state index contributed by atoms with van der Waals surface area (Å²) in [6.07, 6.45) is 2.22. The molecule has 0 unspecified atom stereocenters. The van der Waals surface area contributed by atoms with Crippen molar-refractivity contribution in [3.05, 3.63) is 167 Å². The quantitative estimate of drug-likeness (QED) is 0.161. The monoisotopic (exact) mass is 692 g/mol. The zero-order valence-electron chi connectivity index (χ0n) is 25.9. The molecule has 3 heteroatoms. The molecule has 7 aromatic carbocycles. The van der Waals surface area contributed by atoms with E-state index in [-0.39, 0.29) is 24.8 Å². The average Bonchev–Trinajstić information content (AvgIpc) is 3.59. The number of aryl methyl sites for hydroxylation is 4. The summed E-state index contributed by atoms with van der Waals surface area (Å²) in [5.41, 5.74) is 8.19. The summed E-state index contributed by atoms with van der Waals surface area (Å²) in [5.74, 6) is 0. The van der Waals surface area contributed by atoms with Crippen LogP contribution in [-0.2, 0) is 37.1 Å². The van der Waals surface area contributed by atoms with E-state index in [1.807, 2.05) is 0 Å². The topological polar surface area (TPSA) is 0 Å². The van der Waals surface area contributed by atoms with E-state index < -0.39 is 0 Å². The Bertz CT molecular complexity index is 1830. The first-order chi connectivity index (χ1) is 20.4. The Morgan fingerprint density at radius 2 is 1.05 bits per heavy atom. The van der Waals surface area contributed by atoms with Crippen molar-refractivity contribution in [1.29, 1.82) is 0 Å². The third-order valence-corrected chi connectivity index (χ3v) is 9.20. The summed E-state index contributed by atoms with van der Waals surface area (Å²) < 4.78 is 1.42. The molecule has 0 bridgehead atoms. The van der Waals surface area contributed by atoms with E-state index in [9.17, 15) is 0 Å². The van der Waals surface area contributed by atoms with Crippen molar-refractivity contribution in [2.24, 2.45) is 0 Å². The Balaban J connectivity index is 0.000000180. The Kier molecular flexibility index (Phi) is 13.5. The maximum atomic E-state index is 2.32. The molecule has 7 rings (SSSR count). The van der Waals surface area contributed by atoms with E-state index >= 15 is 0 Å². The number of benzene rings is 5. The van der Waals surface area contributed by atoms with Crippen LogP contribution in [0.1, 0.15) is 47.2 Å². The van der Waals surface area contributed by atoms with E-state index in [1.54, 1.807) is 0 Å². The van der Waals surface area contributed by atoms with Crippen molar-refractivity contribution >= 4 is 60.3 Å². The molecule has 0 saturated carbocycles. The molecule has 7 aromatic rings. The molecule has 0 spiro atoms. The summed E-state index contributed by atoms with van der Waals surface area (Å²) in [6.45, 7) is 8.68. The molecule has 0 aliphatic carbocycles. The summed E-state index contributed by atoms with van der Waals surface area (Å²) in [4.78, 5) is 0. The molecule has 0 saturated heterocycles. The zero-order chi connectivity index (χ0) is 29.5. The molecule has 0 nitrogen and oxygen atoms in total. The van der Waals surface area contributed by atoms with Crippen molar-refractivity contribution in [3.8, 4) is 0 Å². The van der Waals surface area contributed by atoms with Gasteiger partial charge in [-0.15, -0.1) is 99.1 Å². The van der Waals surface area contributed by atoms with Gasteiger partial charge in [0.2, 0.25) is 0 Å². The van der Waals surface area contributed by atoms with Crippen molar-refractivity contribution < 1.29 is 24.2 Å². The first-order valence-corrected chi connectivity index (χ1v) is 16.1. The Labute approximate surface area is 290 Å². The molecule has 0 aliphatic rings. The maximum absolute atomic E-state index is 2.32. The summed E-state index contributed by atoms with van der Waals surface area (Å²) >= 11 is 1.46.